The maximum Gasteiger partial charge on any atom is 0.224 e. The highest BCUT2D eigenvalue weighted by molar-refractivity contribution is 5.68. The van der Waals surface area contributed by atoms with Crippen LogP contribution < -0.4 is 10.2 Å². The Morgan fingerprint density at radius 1 is 1.25 bits per heavy atom. The van der Waals surface area contributed by atoms with Crippen molar-refractivity contribution in [1.29, 1.82) is 0 Å². The Kier molecular flexibility index (Phi) is 3.30. The van der Waals surface area contributed by atoms with Crippen LogP contribution in [0.15, 0.2) is 24.4 Å². The lowest BCUT2D eigenvalue weighted by atomic mass is 9.99. The van der Waals surface area contributed by atoms with Gasteiger partial charge in [-0.2, -0.15) is 4.98 Å². The zero-order chi connectivity index (χ0) is 14.1. The maximum absolute atomic E-state index is 4.64. The van der Waals surface area contributed by atoms with E-state index >= 15 is 0 Å². The first-order valence-corrected chi connectivity index (χ1v) is 7.07. The van der Waals surface area contributed by atoms with Crippen LogP contribution in [-0.4, -0.2) is 23.6 Å². The van der Waals surface area contributed by atoms with E-state index in [1.807, 2.05) is 13.2 Å². The molecule has 0 spiro atoms. The SMILES string of the molecule is CNc1ncc(C)c(N2CCCc3cc(C)ccc32)n1. The third kappa shape index (κ3) is 2.22. The Morgan fingerprint density at radius 2 is 2.10 bits per heavy atom. The third-order valence-corrected chi connectivity index (χ3v) is 3.78. The number of hydrogen-bond donors (Lipinski definition) is 1. The molecule has 2 heterocycles. The number of rotatable bonds is 2. The van der Waals surface area contributed by atoms with Crippen LogP contribution in [0.1, 0.15) is 23.1 Å². The Bertz CT molecular complexity index is 636. The first-order chi connectivity index (χ1) is 9.69. The molecule has 0 unspecified atom stereocenters. The molecule has 0 fully saturated rings. The molecular formula is C16H20N4. The van der Waals surface area contributed by atoms with Gasteiger partial charge in [0.05, 0.1) is 0 Å². The number of fused-ring (bicyclic) bond motifs is 1. The third-order valence-electron chi connectivity index (χ3n) is 3.78. The monoisotopic (exact) mass is 268 g/mol. The van der Waals surface area contributed by atoms with Gasteiger partial charge in [0.2, 0.25) is 5.95 Å². The normalized spacial score (nSPS) is 14.1. The van der Waals surface area contributed by atoms with Crippen molar-refractivity contribution < 1.29 is 0 Å². The number of anilines is 3. The Balaban J connectivity index is 2.08. The fraction of sp³-hybridized carbons (Fsp3) is 0.375. The largest absolute Gasteiger partial charge is 0.357 e. The van der Waals surface area contributed by atoms with Crippen LogP contribution in [0.5, 0.6) is 0 Å². The molecule has 1 aliphatic rings. The smallest absolute Gasteiger partial charge is 0.224 e. The summed E-state index contributed by atoms with van der Waals surface area (Å²) in [7, 11) is 1.85. The Morgan fingerprint density at radius 3 is 2.90 bits per heavy atom. The Labute approximate surface area is 119 Å². The second-order valence-electron chi connectivity index (χ2n) is 5.34. The highest BCUT2D eigenvalue weighted by Crippen LogP contribution is 2.34. The second-order valence-corrected chi connectivity index (χ2v) is 5.34. The molecule has 0 amide bonds. The number of hydrogen-bond acceptors (Lipinski definition) is 4. The van der Waals surface area contributed by atoms with Gasteiger partial charge < -0.3 is 10.2 Å². The predicted octanol–water partition coefficient (Wildman–Crippen LogP) is 3.22. The van der Waals surface area contributed by atoms with Crippen molar-refractivity contribution in [3.63, 3.8) is 0 Å². The maximum atomic E-state index is 4.64. The summed E-state index contributed by atoms with van der Waals surface area (Å²) in [5.74, 6) is 1.68. The van der Waals surface area contributed by atoms with Crippen molar-refractivity contribution >= 4 is 17.5 Å². The first kappa shape index (κ1) is 12.9. The van der Waals surface area contributed by atoms with Crippen LogP contribution in [0.2, 0.25) is 0 Å². The molecule has 0 saturated heterocycles. The standard InChI is InChI=1S/C16H20N4/c1-11-6-7-14-13(9-11)5-4-8-20(14)15-12(2)10-18-16(17-3)19-15/h6-7,9-10H,4-5,8H2,1-3H3,(H,17,18,19). The molecule has 0 aliphatic carbocycles. The lowest BCUT2D eigenvalue weighted by Gasteiger charge is -2.31. The minimum absolute atomic E-state index is 0.671. The molecule has 0 radical (unpaired) electrons. The van der Waals surface area contributed by atoms with Gasteiger partial charge in [0.15, 0.2) is 0 Å². The average molecular weight is 268 g/mol. The molecule has 0 saturated carbocycles. The van der Waals surface area contributed by atoms with E-state index in [1.165, 1.54) is 16.8 Å². The fourth-order valence-electron chi connectivity index (χ4n) is 2.77. The number of benzene rings is 1. The van der Waals surface area contributed by atoms with Crippen LogP contribution in [-0.2, 0) is 6.42 Å². The molecule has 0 atom stereocenters. The van der Waals surface area contributed by atoms with E-state index in [0.717, 1.165) is 30.8 Å². The first-order valence-electron chi connectivity index (χ1n) is 7.07. The van der Waals surface area contributed by atoms with Gasteiger partial charge in [-0.15, -0.1) is 0 Å². The summed E-state index contributed by atoms with van der Waals surface area (Å²) in [5.41, 5.74) is 5.13. The van der Waals surface area contributed by atoms with E-state index in [4.69, 9.17) is 0 Å². The summed E-state index contributed by atoms with van der Waals surface area (Å²) in [4.78, 5) is 11.2. The Hall–Kier alpha value is -2.10. The molecule has 1 aromatic heterocycles. The van der Waals surface area contributed by atoms with Gasteiger partial charge in [-0.05, 0) is 38.3 Å². The number of aryl methyl sites for hydroxylation is 3. The van der Waals surface area contributed by atoms with E-state index in [2.05, 4.69) is 52.2 Å². The molecule has 1 aromatic carbocycles. The van der Waals surface area contributed by atoms with Crippen molar-refractivity contribution in [3.05, 3.63) is 41.1 Å². The average Bonchev–Trinajstić information content (AvgIpc) is 2.47. The van der Waals surface area contributed by atoms with Crippen molar-refractivity contribution in [2.45, 2.75) is 26.7 Å². The summed E-state index contributed by atoms with van der Waals surface area (Å²) < 4.78 is 0. The second kappa shape index (κ2) is 5.12. The van der Waals surface area contributed by atoms with Crippen LogP contribution >= 0.6 is 0 Å². The zero-order valence-electron chi connectivity index (χ0n) is 12.3. The van der Waals surface area contributed by atoms with Crippen molar-refractivity contribution in [3.8, 4) is 0 Å². The molecule has 1 N–H and O–H groups in total. The lowest BCUT2D eigenvalue weighted by Crippen LogP contribution is -2.26. The van der Waals surface area contributed by atoms with E-state index in [9.17, 15) is 0 Å². The van der Waals surface area contributed by atoms with Crippen LogP contribution in [0.25, 0.3) is 0 Å². The van der Waals surface area contributed by atoms with Gasteiger partial charge in [0, 0.05) is 31.0 Å². The molecule has 20 heavy (non-hydrogen) atoms. The number of nitrogens with one attached hydrogen (secondary N) is 1. The topological polar surface area (TPSA) is 41.1 Å². The molecule has 0 bridgehead atoms. The summed E-state index contributed by atoms with van der Waals surface area (Å²) >= 11 is 0. The summed E-state index contributed by atoms with van der Waals surface area (Å²) in [5, 5.41) is 3.02. The molecule has 104 valence electrons. The molecule has 2 aromatic rings. The van der Waals surface area contributed by atoms with Crippen molar-refractivity contribution in [2.75, 3.05) is 23.8 Å². The summed E-state index contributed by atoms with van der Waals surface area (Å²) in [6, 6.07) is 6.67. The quantitative estimate of drug-likeness (QED) is 0.908. The number of nitrogens with zero attached hydrogens (tertiary/aromatic N) is 3. The lowest BCUT2D eigenvalue weighted by molar-refractivity contribution is 0.756. The van der Waals surface area contributed by atoms with Crippen LogP contribution in [0, 0.1) is 13.8 Å². The van der Waals surface area contributed by atoms with Crippen molar-refractivity contribution in [1.82, 2.24) is 9.97 Å². The van der Waals surface area contributed by atoms with Crippen molar-refractivity contribution in [2.24, 2.45) is 0 Å². The predicted molar refractivity (Wildman–Crippen MR) is 82.8 cm³/mol. The molecular weight excluding hydrogens is 248 g/mol. The molecule has 4 nitrogen and oxygen atoms in total. The molecule has 3 rings (SSSR count). The van der Waals surface area contributed by atoms with Gasteiger partial charge in [0.1, 0.15) is 5.82 Å². The van der Waals surface area contributed by atoms with E-state index < -0.39 is 0 Å². The fourth-order valence-corrected chi connectivity index (χ4v) is 2.77. The van der Waals surface area contributed by atoms with Gasteiger partial charge in [-0.1, -0.05) is 17.7 Å². The zero-order valence-corrected chi connectivity index (χ0v) is 12.3. The van der Waals surface area contributed by atoms with E-state index in [1.54, 1.807) is 0 Å². The summed E-state index contributed by atoms with van der Waals surface area (Å²) in [6.45, 7) is 5.22. The van der Waals surface area contributed by atoms with Gasteiger partial charge in [-0.25, -0.2) is 4.98 Å². The number of aromatic nitrogens is 2. The van der Waals surface area contributed by atoms with Crippen LogP contribution in [0.3, 0.4) is 0 Å². The highest BCUT2D eigenvalue weighted by Gasteiger charge is 2.21. The van der Waals surface area contributed by atoms with E-state index in [-0.39, 0.29) is 0 Å². The molecule has 1 aliphatic heterocycles. The van der Waals surface area contributed by atoms with Gasteiger partial charge in [0.25, 0.3) is 0 Å². The molecule has 4 heteroatoms. The highest BCUT2D eigenvalue weighted by atomic mass is 15.2. The minimum Gasteiger partial charge on any atom is -0.357 e. The van der Waals surface area contributed by atoms with Gasteiger partial charge in [-0.3, -0.25) is 0 Å². The minimum atomic E-state index is 0.671. The summed E-state index contributed by atoms with van der Waals surface area (Å²) in [6.07, 6.45) is 4.20. The van der Waals surface area contributed by atoms with Crippen LogP contribution in [0.4, 0.5) is 17.5 Å². The van der Waals surface area contributed by atoms with E-state index in [0.29, 0.717) is 5.95 Å². The van der Waals surface area contributed by atoms with Gasteiger partial charge >= 0.3 is 0 Å².